The Balaban J connectivity index is 1.59. The molecule has 2 fully saturated rings. The van der Waals surface area contributed by atoms with Gasteiger partial charge in [-0.2, -0.15) is 4.31 Å². The van der Waals surface area contributed by atoms with Crippen molar-refractivity contribution in [1.82, 2.24) is 19.1 Å². The number of carbonyl (C=O) groups is 2. The van der Waals surface area contributed by atoms with Crippen LogP contribution < -0.4 is 11.1 Å². The lowest BCUT2D eigenvalue weighted by Crippen LogP contribution is -2.62. The molecule has 2 aliphatic heterocycles. The maximum atomic E-state index is 12.7. The van der Waals surface area contributed by atoms with Gasteiger partial charge in [-0.1, -0.05) is 0 Å². The van der Waals surface area contributed by atoms with Gasteiger partial charge in [-0.05, 0) is 18.2 Å². The number of oxazole rings is 1. The lowest BCUT2D eigenvalue weighted by Gasteiger charge is -2.41. The number of sulfonamides is 1. The number of amides is 3. The van der Waals surface area contributed by atoms with Gasteiger partial charge in [0.1, 0.15) is 0 Å². The summed E-state index contributed by atoms with van der Waals surface area (Å²) in [6.45, 7) is 0.0287. The van der Waals surface area contributed by atoms with Gasteiger partial charge >= 0.3 is 11.8 Å². The van der Waals surface area contributed by atoms with Crippen LogP contribution in [-0.2, 0) is 21.9 Å². The van der Waals surface area contributed by atoms with Crippen LogP contribution in [0.1, 0.15) is 0 Å². The van der Waals surface area contributed by atoms with E-state index in [0.717, 1.165) is 4.90 Å². The van der Waals surface area contributed by atoms with E-state index in [9.17, 15) is 22.8 Å². The lowest BCUT2D eigenvalue weighted by atomic mass is 10.1. The molecule has 3 heterocycles. The van der Waals surface area contributed by atoms with E-state index in [-0.39, 0.29) is 30.4 Å². The van der Waals surface area contributed by atoms with Gasteiger partial charge in [0.2, 0.25) is 15.9 Å². The number of urea groups is 1. The Morgan fingerprint density at radius 2 is 1.92 bits per heavy atom. The second kappa shape index (κ2) is 5.17. The molecule has 1 aromatic carbocycles. The molecule has 11 heteroatoms. The predicted molar refractivity (Wildman–Crippen MR) is 84.2 cm³/mol. The first-order chi connectivity index (χ1) is 11.8. The Hall–Kier alpha value is -2.66. The molecule has 4 rings (SSSR count). The van der Waals surface area contributed by atoms with E-state index < -0.39 is 27.9 Å². The third kappa shape index (κ3) is 2.27. The van der Waals surface area contributed by atoms with Crippen LogP contribution >= 0.6 is 0 Å². The topological polar surface area (TPSA) is 122 Å². The lowest BCUT2D eigenvalue weighted by molar-refractivity contribution is -0.128. The number of aromatic nitrogens is 1. The van der Waals surface area contributed by atoms with Crippen LogP contribution in [0, 0.1) is 0 Å². The summed E-state index contributed by atoms with van der Waals surface area (Å²) in [5.41, 5.74) is 0.671. The van der Waals surface area contributed by atoms with Crippen LogP contribution in [0.2, 0.25) is 0 Å². The maximum absolute atomic E-state index is 12.7. The molecule has 0 unspecified atom stereocenters. The molecule has 2 aromatic rings. The maximum Gasteiger partial charge on any atom is 0.419 e. The molecule has 2 aliphatic rings. The van der Waals surface area contributed by atoms with E-state index >= 15 is 0 Å². The average molecular weight is 366 g/mol. The molecule has 0 atom stereocenters. The SMILES string of the molecule is Cn1c(=O)oc2ccc(S(=O)(=O)N3CC(N4C(=O)CNC4=O)C3)cc21. The van der Waals surface area contributed by atoms with Gasteiger partial charge < -0.3 is 9.73 Å². The Morgan fingerprint density at radius 1 is 1.20 bits per heavy atom. The van der Waals surface area contributed by atoms with E-state index in [1.54, 1.807) is 0 Å². The fourth-order valence-electron chi connectivity index (χ4n) is 3.00. The number of nitrogens with one attached hydrogen (secondary N) is 1. The van der Waals surface area contributed by atoms with Crippen LogP contribution in [0.3, 0.4) is 0 Å². The minimum atomic E-state index is -3.79. The van der Waals surface area contributed by atoms with Crippen molar-refractivity contribution in [2.75, 3.05) is 19.6 Å². The molecule has 132 valence electrons. The van der Waals surface area contributed by atoms with Gasteiger partial charge in [-0.25, -0.2) is 18.0 Å². The number of benzene rings is 1. The normalized spacial score (nSPS) is 19.5. The molecule has 1 aromatic heterocycles. The summed E-state index contributed by atoms with van der Waals surface area (Å²) >= 11 is 0. The smallest absolute Gasteiger partial charge is 0.408 e. The van der Waals surface area contributed by atoms with Crippen molar-refractivity contribution in [1.29, 1.82) is 0 Å². The van der Waals surface area contributed by atoms with Crippen molar-refractivity contribution >= 4 is 33.1 Å². The van der Waals surface area contributed by atoms with Gasteiger partial charge in [0.25, 0.3) is 0 Å². The van der Waals surface area contributed by atoms with E-state index in [1.165, 1.54) is 34.1 Å². The molecule has 25 heavy (non-hydrogen) atoms. The number of fused-ring (bicyclic) bond motifs is 1. The number of carbonyl (C=O) groups excluding carboxylic acids is 2. The van der Waals surface area contributed by atoms with E-state index in [4.69, 9.17) is 4.42 Å². The van der Waals surface area contributed by atoms with Gasteiger partial charge in [0.05, 0.1) is 23.0 Å². The Bertz CT molecular complexity index is 1050. The highest BCUT2D eigenvalue weighted by atomic mass is 32.2. The zero-order chi connectivity index (χ0) is 17.9. The predicted octanol–water partition coefficient (Wildman–Crippen LogP) is -0.944. The second-order valence-electron chi connectivity index (χ2n) is 5.95. The standard InChI is InChI=1S/C14H14N4O6S/c1-16-10-4-9(2-3-11(10)24-14(16)21)25(22,23)17-6-8(7-17)18-12(19)5-15-13(18)20/h2-4,8H,5-7H2,1H3,(H,15,20). The third-order valence-electron chi connectivity index (χ3n) is 4.47. The van der Waals surface area contributed by atoms with Crippen molar-refractivity contribution in [2.24, 2.45) is 7.05 Å². The van der Waals surface area contributed by atoms with Crippen LogP contribution in [0.4, 0.5) is 4.79 Å². The number of hydrogen-bond donors (Lipinski definition) is 1. The molecule has 0 saturated carbocycles. The fourth-order valence-corrected chi connectivity index (χ4v) is 4.53. The second-order valence-corrected chi connectivity index (χ2v) is 7.89. The largest absolute Gasteiger partial charge is 0.419 e. The monoisotopic (exact) mass is 366 g/mol. The highest BCUT2D eigenvalue weighted by Crippen LogP contribution is 2.27. The summed E-state index contributed by atoms with van der Waals surface area (Å²) in [6.07, 6.45) is 0. The number of hydrogen-bond acceptors (Lipinski definition) is 6. The summed E-state index contributed by atoms with van der Waals surface area (Å²) in [4.78, 5) is 35.9. The molecule has 0 aliphatic carbocycles. The summed E-state index contributed by atoms with van der Waals surface area (Å²) < 4.78 is 32.8. The van der Waals surface area contributed by atoms with Crippen LogP contribution in [0.15, 0.2) is 32.3 Å². The molecule has 0 radical (unpaired) electrons. The minimum Gasteiger partial charge on any atom is -0.408 e. The summed E-state index contributed by atoms with van der Waals surface area (Å²) in [5, 5.41) is 2.41. The molecule has 0 spiro atoms. The number of imide groups is 1. The van der Waals surface area contributed by atoms with Crippen LogP contribution in [0.25, 0.3) is 11.1 Å². The quantitative estimate of drug-likeness (QED) is 0.700. The number of aryl methyl sites for hydroxylation is 1. The van der Waals surface area contributed by atoms with E-state index in [1.807, 2.05) is 0 Å². The Labute approximate surface area is 141 Å². The molecule has 1 N–H and O–H groups in total. The molecular weight excluding hydrogens is 352 g/mol. The fraction of sp³-hybridized carbons (Fsp3) is 0.357. The third-order valence-corrected chi connectivity index (χ3v) is 6.30. The first kappa shape index (κ1) is 15.8. The molecular formula is C14H14N4O6S. The molecule has 0 bridgehead atoms. The molecule has 10 nitrogen and oxygen atoms in total. The highest BCUT2D eigenvalue weighted by Gasteiger charge is 2.45. The summed E-state index contributed by atoms with van der Waals surface area (Å²) in [6, 6.07) is 3.20. The first-order valence-corrected chi connectivity index (χ1v) is 8.92. The van der Waals surface area contributed by atoms with Gasteiger partial charge in [-0.15, -0.1) is 0 Å². The van der Waals surface area contributed by atoms with Crippen molar-refractivity contribution in [3.05, 3.63) is 28.7 Å². The number of nitrogens with zero attached hydrogens (tertiary/aromatic N) is 3. The van der Waals surface area contributed by atoms with Gasteiger partial charge in [0.15, 0.2) is 5.58 Å². The van der Waals surface area contributed by atoms with E-state index in [2.05, 4.69) is 5.32 Å². The molecule has 3 amide bonds. The zero-order valence-corrected chi connectivity index (χ0v) is 13.9. The van der Waals surface area contributed by atoms with Crippen LogP contribution in [0.5, 0.6) is 0 Å². The zero-order valence-electron chi connectivity index (χ0n) is 13.1. The Kier molecular flexibility index (Phi) is 3.27. The summed E-state index contributed by atoms with van der Waals surface area (Å²) in [5.74, 6) is -0.936. The van der Waals surface area contributed by atoms with Crippen molar-refractivity contribution in [3.8, 4) is 0 Å². The molecule has 2 saturated heterocycles. The Morgan fingerprint density at radius 3 is 2.56 bits per heavy atom. The van der Waals surface area contributed by atoms with Gasteiger partial charge in [-0.3, -0.25) is 14.3 Å². The first-order valence-electron chi connectivity index (χ1n) is 7.48. The van der Waals surface area contributed by atoms with E-state index in [0.29, 0.717) is 11.1 Å². The van der Waals surface area contributed by atoms with Crippen molar-refractivity contribution in [3.63, 3.8) is 0 Å². The highest BCUT2D eigenvalue weighted by molar-refractivity contribution is 7.89. The number of rotatable bonds is 3. The van der Waals surface area contributed by atoms with Crippen molar-refractivity contribution < 1.29 is 22.4 Å². The minimum absolute atomic E-state index is 0.0204. The summed E-state index contributed by atoms with van der Waals surface area (Å²) in [7, 11) is -2.30. The van der Waals surface area contributed by atoms with Crippen molar-refractivity contribution in [2.45, 2.75) is 10.9 Å². The van der Waals surface area contributed by atoms with Crippen LogP contribution in [-0.4, -0.2) is 59.8 Å². The average Bonchev–Trinajstić information content (AvgIpc) is 2.99. The van der Waals surface area contributed by atoms with Gasteiger partial charge in [0, 0.05) is 20.1 Å².